The molecule has 0 atom stereocenters. The van der Waals surface area contributed by atoms with E-state index in [1.165, 1.54) is 38.5 Å². The molecule has 21 heavy (non-hydrogen) atoms. The molecule has 1 rings (SSSR count). The third-order valence-corrected chi connectivity index (χ3v) is 4.04. The highest BCUT2D eigenvalue weighted by molar-refractivity contribution is 5.64. The number of hydrogen-bond acceptors (Lipinski definition) is 1. The molecule has 0 aromatic carbocycles. The van der Waals surface area contributed by atoms with E-state index in [4.69, 9.17) is 5.11 Å². The Morgan fingerprint density at radius 1 is 1.14 bits per heavy atom. The number of hydrogen-bond donors (Lipinski definition) is 1. The van der Waals surface area contributed by atoms with Crippen LogP contribution in [-0.4, -0.2) is 15.6 Å². The molecule has 1 N–H and O–H groups in total. The zero-order valence-corrected chi connectivity index (χ0v) is 13.9. The maximum atomic E-state index is 11.0. The molecular weight excluding hydrogens is 264 g/mol. The minimum absolute atomic E-state index is 0.0691. The van der Waals surface area contributed by atoms with E-state index in [1.54, 1.807) is 0 Å². The number of unbranched alkanes of at least 4 members (excludes halogenated alkanes) is 6. The highest BCUT2D eigenvalue weighted by Crippen LogP contribution is 2.11. The number of carboxylic acids is 1. The van der Waals surface area contributed by atoms with Crippen LogP contribution >= 0.6 is 0 Å². The van der Waals surface area contributed by atoms with Crippen molar-refractivity contribution in [3.05, 3.63) is 17.7 Å². The monoisotopic (exact) mass is 295 g/mol. The molecule has 0 amide bonds. The Balaban J connectivity index is 2.50. The average molecular weight is 295 g/mol. The van der Waals surface area contributed by atoms with Crippen LogP contribution in [0.5, 0.6) is 0 Å². The standard InChI is InChI=1S/C17H30N2O2/c1-4-6-7-8-9-10-11-12-16-18(14-17(20)21)13-15(3)19(16)5-2/h13H,4-12,14H2,1-3H3/p+1. The number of carboxylic acid groups (broad SMARTS) is 1. The van der Waals surface area contributed by atoms with Gasteiger partial charge in [0.25, 0.3) is 5.82 Å². The van der Waals surface area contributed by atoms with Crippen LogP contribution in [0.4, 0.5) is 0 Å². The van der Waals surface area contributed by atoms with Crippen LogP contribution in [0.1, 0.15) is 70.3 Å². The van der Waals surface area contributed by atoms with Crippen molar-refractivity contribution in [2.75, 3.05) is 0 Å². The van der Waals surface area contributed by atoms with Crippen LogP contribution in [0.3, 0.4) is 0 Å². The molecule has 0 aliphatic heterocycles. The summed E-state index contributed by atoms with van der Waals surface area (Å²) in [6.07, 6.45) is 11.9. The molecule has 0 aliphatic rings. The van der Waals surface area contributed by atoms with Crippen molar-refractivity contribution in [3.8, 4) is 0 Å². The van der Waals surface area contributed by atoms with E-state index in [0.29, 0.717) is 0 Å². The fraction of sp³-hybridized carbons (Fsp3) is 0.765. The van der Waals surface area contributed by atoms with Gasteiger partial charge in [0, 0.05) is 13.3 Å². The van der Waals surface area contributed by atoms with Crippen molar-refractivity contribution in [2.24, 2.45) is 0 Å². The molecule has 0 spiro atoms. The molecule has 1 aromatic rings. The van der Waals surface area contributed by atoms with Crippen molar-refractivity contribution in [2.45, 2.75) is 85.2 Å². The molecule has 4 heteroatoms. The Bertz CT molecular complexity index is 438. The zero-order valence-electron chi connectivity index (χ0n) is 13.9. The van der Waals surface area contributed by atoms with Crippen LogP contribution in [-0.2, 0) is 24.3 Å². The Hall–Kier alpha value is -1.32. The smallest absolute Gasteiger partial charge is 0.346 e. The van der Waals surface area contributed by atoms with Gasteiger partial charge in [-0.3, -0.25) is 0 Å². The third kappa shape index (κ3) is 5.90. The van der Waals surface area contributed by atoms with Gasteiger partial charge in [-0.2, -0.15) is 0 Å². The van der Waals surface area contributed by atoms with Gasteiger partial charge in [-0.15, -0.1) is 0 Å². The molecule has 0 aliphatic carbocycles. The maximum Gasteiger partial charge on any atom is 0.346 e. The predicted octanol–water partition coefficient (Wildman–Crippen LogP) is 3.48. The molecule has 4 nitrogen and oxygen atoms in total. The lowest BCUT2D eigenvalue weighted by molar-refractivity contribution is -0.693. The quantitative estimate of drug-likeness (QED) is 0.502. The molecular formula is C17H31N2O2+. The molecule has 0 fully saturated rings. The van der Waals surface area contributed by atoms with Crippen molar-refractivity contribution in [3.63, 3.8) is 0 Å². The predicted molar refractivity (Wildman–Crippen MR) is 84.4 cm³/mol. The van der Waals surface area contributed by atoms with E-state index in [9.17, 15) is 4.79 Å². The van der Waals surface area contributed by atoms with Crippen molar-refractivity contribution in [1.29, 1.82) is 0 Å². The number of aryl methyl sites for hydroxylation is 1. The van der Waals surface area contributed by atoms with Crippen LogP contribution in [0.2, 0.25) is 0 Å². The Morgan fingerprint density at radius 2 is 1.76 bits per heavy atom. The van der Waals surface area contributed by atoms with E-state index in [1.807, 2.05) is 10.8 Å². The van der Waals surface area contributed by atoms with Crippen LogP contribution in [0.15, 0.2) is 6.20 Å². The second-order valence-electron chi connectivity index (χ2n) is 5.82. The summed E-state index contributed by atoms with van der Waals surface area (Å²) in [6, 6.07) is 0. The number of imidazole rings is 1. The molecule has 0 saturated carbocycles. The van der Waals surface area contributed by atoms with Crippen molar-refractivity contribution < 1.29 is 14.5 Å². The van der Waals surface area contributed by atoms with Gasteiger partial charge in [-0.05, 0) is 13.3 Å². The number of carbonyl (C=O) groups is 1. The lowest BCUT2D eigenvalue weighted by Gasteiger charge is -2.04. The van der Waals surface area contributed by atoms with Gasteiger partial charge in [0.1, 0.15) is 11.9 Å². The normalized spacial score (nSPS) is 11.0. The summed E-state index contributed by atoms with van der Waals surface area (Å²) in [4.78, 5) is 11.0. The first kappa shape index (κ1) is 17.7. The van der Waals surface area contributed by atoms with Gasteiger partial charge in [0.15, 0.2) is 6.54 Å². The van der Waals surface area contributed by atoms with Crippen molar-refractivity contribution in [1.82, 2.24) is 4.57 Å². The topological polar surface area (TPSA) is 46.1 Å². The van der Waals surface area contributed by atoms with Gasteiger partial charge in [0.05, 0.1) is 6.54 Å². The largest absolute Gasteiger partial charge is 0.478 e. The Morgan fingerprint density at radius 3 is 2.33 bits per heavy atom. The van der Waals surface area contributed by atoms with Gasteiger partial charge in [-0.25, -0.2) is 13.9 Å². The molecule has 1 aromatic heterocycles. The van der Waals surface area contributed by atoms with Crippen molar-refractivity contribution >= 4 is 5.97 Å². The Kier molecular flexibility index (Phi) is 8.09. The average Bonchev–Trinajstić information content (AvgIpc) is 2.72. The fourth-order valence-corrected chi connectivity index (χ4v) is 2.96. The molecule has 0 bridgehead atoms. The lowest BCUT2D eigenvalue weighted by Crippen LogP contribution is -2.40. The molecule has 0 radical (unpaired) electrons. The second kappa shape index (κ2) is 9.59. The van der Waals surface area contributed by atoms with E-state index in [2.05, 4.69) is 25.3 Å². The van der Waals surface area contributed by atoms with Crippen LogP contribution < -0.4 is 4.57 Å². The van der Waals surface area contributed by atoms with Gasteiger partial charge in [-0.1, -0.05) is 45.4 Å². The number of rotatable bonds is 11. The SMILES string of the molecule is CCCCCCCCCc1n(CC)c(C)c[n+]1CC(=O)O. The number of aliphatic carboxylic acids is 1. The van der Waals surface area contributed by atoms with E-state index in [0.717, 1.165) is 30.9 Å². The second-order valence-corrected chi connectivity index (χ2v) is 5.82. The summed E-state index contributed by atoms with van der Waals surface area (Å²) in [5.41, 5.74) is 1.15. The first-order valence-corrected chi connectivity index (χ1v) is 8.40. The minimum Gasteiger partial charge on any atom is -0.478 e. The van der Waals surface area contributed by atoms with Crippen LogP contribution in [0, 0.1) is 6.92 Å². The van der Waals surface area contributed by atoms with Gasteiger partial charge in [0.2, 0.25) is 0 Å². The summed E-state index contributed by atoms with van der Waals surface area (Å²) < 4.78 is 4.14. The molecule has 0 saturated heterocycles. The molecule has 120 valence electrons. The summed E-state index contributed by atoms with van der Waals surface area (Å²) in [5, 5.41) is 9.03. The first-order chi connectivity index (χ1) is 10.1. The van der Waals surface area contributed by atoms with Crippen LogP contribution in [0.25, 0.3) is 0 Å². The highest BCUT2D eigenvalue weighted by atomic mass is 16.4. The van der Waals surface area contributed by atoms with Gasteiger partial charge >= 0.3 is 5.97 Å². The lowest BCUT2D eigenvalue weighted by atomic mass is 10.1. The summed E-state index contributed by atoms with van der Waals surface area (Å²) in [7, 11) is 0. The zero-order chi connectivity index (χ0) is 15.7. The van der Waals surface area contributed by atoms with E-state index in [-0.39, 0.29) is 6.54 Å². The molecule has 0 unspecified atom stereocenters. The van der Waals surface area contributed by atoms with E-state index < -0.39 is 5.97 Å². The number of nitrogens with zero attached hydrogens (tertiary/aromatic N) is 2. The summed E-state index contributed by atoms with van der Waals surface area (Å²) in [5.74, 6) is 0.389. The Labute approximate surface area is 128 Å². The van der Waals surface area contributed by atoms with Gasteiger partial charge < -0.3 is 5.11 Å². The minimum atomic E-state index is -0.769. The van der Waals surface area contributed by atoms with E-state index >= 15 is 0 Å². The third-order valence-electron chi connectivity index (χ3n) is 4.04. The maximum absolute atomic E-state index is 11.0. The summed E-state index contributed by atoms with van der Waals surface area (Å²) >= 11 is 0. The highest BCUT2D eigenvalue weighted by Gasteiger charge is 2.20. The first-order valence-electron chi connectivity index (χ1n) is 8.40. The molecule has 1 heterocycles. The fourth-order valence-electron chi connectivity index (χ4n) is 2.96. The number of aromatic nitrogens is 2. The summed E-state index contributed by atoms with van der Waals surface area (Å²) in [6.45, 7) is 7.38.